The van der Waals surface area contributed by atoms with Gasteiger partial charge < -0.3 is 10.2 Å². The summed E-state index contributed by atoms with van der Waals surface area (Å²) in [5, 5.41) is 2.53. The minimum absolute atomic E-state index is 0.00158. The van der Waals surface area contributed by atoms with E-state index in [1.807, 2.05) is 32.9 Å². The molecule has 0 unspecified atom stereocenters. The quantitative estimate of drug-likeness (QED) is 0.408. The van der Waals surface area contributed by atoms with Crippen LogP contribution >= 0.6 is 0 Å². The molecule has 3 rings (SSSR count). The number of likely N-dealkylation sites (N-methyl/N-ethyl adjacent to an activating group) is 1. The Morgan fingerprint density at radius 3 is 2.00 bits per heavy atom. The molecular formula is C29H34FN3O4S. The Bertz CT molecular complexity index is 1360. The van der Waals surface area contributed by atoms with Gasteiger partial charge in [-0.15, -0.1) is 0 Å². The Balaban J connectivity index is 2.03. The number of amides is 2. The van der Waals surface area contributed by atoms with Crippen LogP contribution in [0.1, 0.15) is 43.4 Å². The van der Waals surface area contributed by atoms with E-state index in [9.17, 15) is 22.4 Å². The molecule has 202 valence electrons. The van der Waals surface area contributed by atoms with Gasteiger partial charge in [0.1, 0.15) is 18.4 Å². The Morgan fingerprint density at radius 2 is 1.47 bits per heavy atom. The van der Waals surface area contributed by atoms with E-state index in [0.717, 1.165) is 15.4 Å². The largest absolute Gasteiger partial charge is 0.357 e. The van der Waals surface area contributed by atoms with Crippen molar-refractivity contribution in [3.05, 3.63) is 95.3 Å². The lowest BCUT2D eigenvalue weighted by molar-refractivity contribution is -0.139. The van der Waals surface area contributed by atoms with E-state index in [0.29, 0.717) is 11.3 Å². The SMILES string of the molecule is CNC(=O)[C@@H](C)N(Cc1ccc(F)cc1)C(=O)CN(c1ccc(C(C)C)cc1)S(=O)(=O)c1ccc(C)cc1. The van der Waals surface area contributed by atoms with Crippen molar-refractivity contribution in [2.24, 2.45) is 0 Å². The van der Waals surface area contributed by atoms with Crippen molar-refractivity contribution in [1.29, 1.82) is 0 Å². The van der Waals surface area contributed by atoms with Crippen molar-refractivity contribution in [3.63, 3.8) is 0 Å². The van der Waals surface area contributed by atoms with Crippen molar-refractivity contribution in [1.82, 2.24) is 10.2 Å². The number of nitrogens with zero attached hydrogens (tertiary/aromatic N) is 2. The number of benzene rings is 3. The zero-order chi connectivity index (χ0) is 28.0. The van der Waals surface area contributed by atoms with Crippen LogP contribution in [0.2, 0.25) is 0 Å². The third kappa shape index (κ3) is 6.77. The van der Waals surface area contributed by atoms with E-state index in [4.69, 9.17) is 0 Å². The van der Waals surface area contributed by atoms with Crippen LogP contribution in [0.4, 0.5) is 10.1 Å². The summed E-state index contributed by atoms with van der Waals surface area (Å²) < 4.78 is 42.2. The maximum atomic E-state index is 13.8. The summed E-state index contributed by atoms with van der Waals surface area (Å²) >= 11 is 0. The molecule has 3 aromatic carbocycles. The molecule has 9 heteroatoms. The van der Waals surface area contributed by atoms with Gasteiger partial charge in [-0.3, -0.25) is 13.9 Å². The van der Waals surface area contributed by atoms with Crippen molar-refractivity contribution < 1.29 is 22.4 Å². The molecule has 0 bridgehead atoms. The van der Waals surface area contributed by atoms with E-state index < -0.39 is 40.2 Å². The topological polar surface area (TPSA) is 86.8 Å². The van der Waals surface area contributed by atoms with Gasteiger partial charge in [-0.25, -0.2) is 12.8 Å². The lowest BCUT2D eigenvalue weighted by atomic mass is 10.0. The Kier molecular flexibility index (Phi) is 9.27. The highest BCUT2D eigenvalue weighted by atomic mass is 32.2. The van der Waals surface area contributed by atoms with E-state index in [1.165, 1.54) is 48.3 Å². The fraction of sp³-hybridized carbons (Fsp3) is 0.310. The number of hydrogen-bond donors (Lipinski definition) is 1. The van der Waals surface area contributed by atoms with Crippen LogP contribution in [0.15, 0.2) is 77.7 Å². The Hall–Kier alpha value is -3.72. The maximum Gasteiger partial charge on any atom is 0.264 e. The van der Waals surface area contributed by atoms with Crippen LogP contribution in [0.5, 0.6) is 0 Å². The summed E-state index contributed by atoms with van der Waals surface area (Å²) in [7, 11) is -2.66. The summed E-state index contributed by atoms with van der Waals surface area (Å²) in [5.74, 6) is -1.16. The average molecular weight is 540 g/mol. The number of nitrogens with one attached hydrogen (secondary N) is 1. The van der Waals surface area contributed by atoms with Gasteiger partial charge in [-0.2, -0.15) is 0 Å². The monoisotopic (exact) mass is 539 g/mol. The molecule has 2 amide bonds. The third-order valence-electron chi connectivity index (χ3n) is 6.42. The second-order valence-electron chi connectivity index (χ2n) is 9.51. The average Bonchev–Trinajstić information content (AvgIpc) is 2.90. The zero-order valence-electron chi connectivity index (χ0n) is 22.3. The number of rotatable bonds is 10. The number of halogens is 1. The van der Waals surface area contributed by atoms with E-state index in [-0.39, 0.29) is 17.4 Å². The van der Waals surface area contributed by atoms with Gasteiger partial charge in [0.15, 0.2) is 0 Å². The molecule has 1 N–H and O–H groups in total. The minimum Gasteiger partial charge on any atom is -0.357 e. The smallest absolute Gasteiger partial charge is 0.264 e. The molecule has 0 aliphatic heterocycles. The Labute approximate surface area is 224 Å². The highest BCUT2D eigenvalue weighted by molar-refractivity contribution is 7.92. The molecular weight excluding hydrogens is 505 g/mol. The molecule has 0 saturated carbocycles. The van der Waals surface area contributed by atoms with E-state index in [2.05, 4.69) is 5.32 Å². The number of carbonyl (C=O) groups excluding carboxylic acids is 2. The summed E-state index contributed by atoms with van der Waals surface area (Å²) in [6.45, 7) is 6.96. The summed E-state index contributed by atoms with van der Waals surface area (Å²) in [4.78, 5) is 27.6. The molecule has 0 heterocycles. The molecule has 0 fully saturated rings. The van der Waals surface area contributed by atoms with Gasteiger partial charge in [0.25, 0.3) is 10.0 Å². The normalized spacial score (nSPS) is 12.2. The van der Waals surface area contributed by atoms with Crippen LogP contribution in [0.3, 0.4) is 0 Å². The molecule has 0 saturated heterocycles. The fourth-order valence-electron chi connectivity index (χ4n) is 3.97. The van der Waals surface area contributed by atoms with Gasteiger partial charge in [0.05, 0.1) is 10.6 Å². The Morgan fingerprint density at radius 1 is 0.895 bits per heavy atom. The van der Waals surface area contributed by atoms with Gasteiger partial charge in [0.2, 0.25) is 11.8 Å². The van der Waals surface area contributed by atoms with Crippen LogP contribution in [0, 0.1) is 12.7 Å². The third-order valence-corrected chi connectivity index (χ3v) is 8.20. The molecule has 7 nitrogen and oxygen atoms in total. The number of hydrogen-bond acceptors (Lipinski definition) is 4. The zero-order valence-corrected chi connectivity index (χ0v) is 23.1. The summed E-state index contributed by atoms with van der Waals surface area (Å²) in [5.41, 5.74) is 2.86. The first-order valence-electron chi connectivity index (χ1n) is 12.4. The highest BCUT2D eigenvalue weighted by Gasteiger charge is 2.32. The predicted octanol–water partition coefficient (Wildman–Crippen LogP) is 4.62. The molecule has 0 aromatic heterocycles. The second-order valence-corrected chi connectivity index (χ2v) is 11.4. The summed E-state index contributed by atoms with van der Waals surface area (Å²) in [6.07, 6.45) is 0. The predicted molar refractivity (Wildman–Crippen MR) is 147 cm³/mol. The van der Waals surface area contributed by atoms with Gasteiger partial charge in [-0.1, -0.05) is 55.8 Å². The first-order valence-corrected chi connectivity index (χ1v) is 13.8. The second kappa shape index (κ2) is 12.2. The van der Waals surface area contributed by atoms with Crippen molar-refractivity contribution >= 4 is 27.5 Å². The molecule has 3 aromatic rings. The number of aryl methyl sites for hydroxylation is 1. The van der Waals surface area contributed by atoms with Gasteiger partial charge in [0, 0.05) is 13.6 Å². The molecule has 0 spiro atoms. The van der Waals surface area contributed by atoms with Crippen molar-refractivity contribution in [2.45, 2.75) is 51.1 Å². The van der Waals surface area contributed by atoms with Crippen molar-refractivity contribution in [3.8, 4) is 0 Å². The maximum absolute atomic E-state index is 13.8. The first-order chi connectivity index (χ1) is 17.9. The lowest BCUT2D eigenvalue weighted by Gasteiger charge is -2.32. The molecule has 0 radical (unpaired) electrons. The van der Waals surface area contributed by atoms with Gasteiger partial charge in [-0.05, 0) is 67.3 Å². The standard InChI is InChI=1S/C29H34FN3O4S/c1-20(2)24-10-14-26(15-11-24)33(38(36,37)27-16-6-21(3)7-17-27)19-28(34)32(22(4)29(35)31-5)18-23-8-12-25(30)13-9-23/h6-17,20,22H,18-19H2,1-5H3,(H,31,35)/t22-/m1/s1. The van der Waals surface area contributed by atoms with E-state index >= 15 is 0 Å². The molecule has 38 heavy (non-hydrogen) atoms. The highest BCUT2D eigenvalue weighted by Crippen LogP contribution is 2.27. The van der Waals surface area contributed by atoms with Crippen LogP contribution in [-0.4, -0.2) is 44.8 Å². The molecule has 0 aliphatic carbocycles. The fourth-order valence-corrected chi connectivity index (χ4v) is 5.38. The summed E-state index contributed by atoms with van der Waals surface area (Å²) in [6, 6.07) is 18.1. The van der Waals surface area contributed by atoms with Gasteiger partial charge >= 0.3 is 0 Å². The van der Waals surface area contributed by atoms with Crippen LogP contribution in [-0.2, 0) is 26.2 Å². The van der Waals surface area contributed by atoms with Crippen LogP contribution in [0.25, 0.3) is 0 Å². The number of carbonyl (C=O) groups is 2. The van der Waals surface area contributed by atoms with Crippen LogP contribution < -0.4 is 9.62 Å². The molecule has 1 atom stereocenters. The molecule has 0 aliphatic rings. The first kappa shape index (κ1) is 28.8. The number of sulfonamides is 1. The number of anilines is 1. The van der Waals surface area contributed by atoms with Crippen molar-refractivity contribution in [2.75, 3.05) is 17.9 Å². The van der Waals surface area contributed by atoms with E-state index in [1.54, 1.807) is 31.2 Å². The minimum atomic E-state index is -4.13. The lowest BCUT2D eigenvalue weighted by Crippen LogP contribution is -2.50.